The van der Waals surface area contributed by atoms with E-state index in [2.05, 4.69) is 20.8 Å². The summed E-state index contributed by atoms with van der Waals surface area (Å²) in [5, 5.41) is 0. The van der Waals surface area contributed by atoms with Crippen LogP contribution < -0.4 is 0 Å². The molecule has 164 valence electrons. The minimum atomic E-state index is -3.86. The standard InChI is InChI=1S/3C7H14O2.Bi/c3*1-2-3-4-5-6-7(8)9;/h3*2-6H2,1H3,(H,8,9);/q;;;+3/p-3. The molecular weight excluding hydrogens is 557 g/mol. The zero-order valence-electron chi connectivity index (χ0n) is 18.0. The summed E-state index contributed by atoms with van der Waals surface area (Å²) in [5.74, 6) is -1.27. The molecule has 0 heterocycles. The zero-order chi connectivity index (χ0) is 21.0. The van der Waals surface area contributed by atoms with E-state index in [9.17, 15) is 14.4 Å². The van der Waals surface area contributed by atoms with Crippen LogP contribution in [0.1, 0.15) is 117 Å². The van der Waals surface area contributed by atoms with Gasteiger partial charge in [-0.3, -0.25) is 0 Å². The molecule has 0 aromatic rings. The fourth-order valence-electron chi connectivity index (χ4n) is 2.53. The van der Waals surface area contributed by atoms with Gasteiger partial charge in [-0.25, -0.2) is 0 Å². The summed E-state index contributed by atoms with van der Waals surface area (Å²) < 4.78 is 15.9. The van der Waals surface area contributed by atoms with Gasteiger partial charge >= 0.3 is 181 Å². The minimum absolute atomic E-state index is 0.272. The third-order valence-corrected chi connectivity index (χ3v) is 8.35. The molecule has 0 saturated heterocycles. The van der Waals surface area contributed by atoms with Crippen molar-refractivity contribution in [1.82, 2.24) is 0 Å². The molecule has 0 radical (unpaired) electrons. The van der Waals surface area contributed by atoms with Crippen LogP contribution in [-0.4, -0.2) is 41.0 Å². The SMILES string of the molecule is CCCCCCC(=O)[O][Bi]([O]C(=O)CCCCCC)[O]C(=O)CCCCCC. The van der Waals surface area contributed by atoms with Crippen LogP contribution >= 0.6 is 0 Å². The maximum absolute atomic E-state index is 12.0. The van der Waals surface area contributed by atoms with Crippen molar-refractivity contribution in [1.29, 1.82) is 0 Å². The third-order valence-electron chi connectivity index (χ3n) is 4.23. The molecule has 6 nitrogen and oxygen atoms in total. The zero-order valence-corrected chi connectivity index (χ0v) is 21.5. The van der Waals surface area contributed by atoms with E-state index >= 15 is 0 Å². The second kappa shape index (κ2) is 19.6. The molecule has 0 saturated carbocycles. The Morgan fingerprint density at radius 2 is 0.786 bits per heavy atom. The topological polar surface area (TPSA) is 78.9 Å². The van der Waals surface area contributed by atoms with Gasteiger partial charge in [0.25, 0.3) is 0 Å². The van der Waals surface area contributed by atoms with Crippen LogP contribution in [0.4, 0.5) is 0 Å². The van der Waals surface area contributed by atoms with E-state index in [4.69, 9.17) is 8.44 Å². The average Bonchev–Trinajstić information content (AvgIpc) is 2.66. The van der Waals surface area contributed by atoms with Crippen molar-refractivity contribution < 1.29 is 22.8 Å². The molecule has 0 amide bonds. The Hall–Kier alpha value is -0.707. The molecule has 0 N–H and O–H groups in total. The van der Waals surface area contributed by atoms with Gasteiger partial charge in [0, 0.05) is 0 Å². The summed E-state index contributed by atoms with van der Waals surface area (Å²) in [7, 11) is 0. The molecule has 0 spiro atoms. The van der Waals surface area contributed by atoms with Crippen LogP contribution in [0.15, 0.2) is 0 Å². The summed E-state index contributed by atoms with van der Waals surface area (Å²) >= 11 is -3.86. The number of carbonyl (C=O) groups is 3. The van der Waals surface area contributed by atoms with Crippen LogP contribution in [-0.2, 0) is 22.8 Å². The van der Waals surface area contributed by atoms with Gasteiger partial charge in [-0.05, 0) is 0 Å². The predicted octanol–water partition coefficient (Wildman–Crippen LogP) is 5.51. The second-order valence-electron chi connectivity index (χ2n) is 7.05. The van der Waals surface area contributed by atoms with E-state index in [0.29, 0.717) is 0 Å². The summed E-state index contributed by atoms with van der Waals surface area (Å²) in [5.41, 5.74) is 0. The van der Waals surface area contributed by atoms with E-state index in [1.165, 1.54) is 0 Å². The predicted molar refractivity (Wildman–Crippen MR) is 110 cm³/mol. The van der Waals surface area contributed by atoms with E-state index < -0.39 is 41.0 Å². The van der Waals surface area contributed by atoms with Crippen molar-refractivity contribution >= 4 is 41.0 Å². The van der Waals surface area contributed by atoms with E-state index in [1.54, 1.807) is 0 Å². The van der Waals surface area contributed by atoms with Gasteiger partial charge in [0.05, 0.1) is 0 Å². The van der Waals surface area contributed by atoms with Crippen LogP contribution in [0.25, 0.3) is 0 Å². The first-order chi connectivity index (χ1) is 13.5. The Labute approximate surface area is 180 Å². The number of hydrogen-bond donors (Lipinski definition) is 0. The summed E-state index contributed by atoms with van der Waals surface area (Å²) in [6.45, 7) is 6.30. The van der Waals surface area contributed by atoms with Crippen molar-refractivity contribution in [3.8, 4) is 0 Å². The molecule has 0 aliphatic rings. The van der Waals surface area contributed by atoms with Gasteiger partial charge in [0.1, 0.15) is 0 Å². The van der Waals surface area contributed by atoms with Gasteiger partial charge in [0.15, 0.2) is 0 Å². The van der Waals surface area contributed by atoms with Gasteiger partial charge in [-0.1, -0.05) is 0 Å². The number of carbonyl (C=O) groups excluding carboxylic acids is 3. The molecule has 0 aliphatic heterocycles. The molecule has 0 unspecified atom stereocenters. The number of rotatable bonds is 18. The molecule has 0 bridgehead atoms. The van der Waals surface area contributed by atoms with Crippen LogP contribution in [0.5, 0.6) is 0 Å². The van der Waals surface area contributed by atoms with E-state index in [1.807, 2.05) is 0 Å². The van der Waals surface area contributed by atoms with Gasteiger partial charge in [-0.2, -0.15) is 0 Å². The molecule has 7 heteroatoms. The molecule has 0 aromatic heterocycles. The van der Waals surface area contributed by atoms with Crippen molar-refractivity contribution in [2.24, 2.45) is 0 Å². The van der Waals surface area contributed by atoms with Crippen LogP contribution in [0.2, 0.25) is 0 Å². The van der Waals surface area contributed by atoms with E-state index in [0.717, 1.165) is 77.0 Å². The van der Waals surface area contributed by atoms with Gasteiger partial charge < -0.3 is 0 Å². The first-order valence-electron chi connectivity index (χ1n) is 11.0. The molecule has 28 heavy (non-hydrogen) atoms. The summed E-state index contributed by atoms with van der Waals surface area (Å²) in [4.78, 5) is 36.1. The van der Waals surface area contributed by atoms with Gasteiger partial charge in [-0.15, -0.1) is 0 Å². The molecule has 0 fully saturated rings. The first kappa shape index (κ1) is 27.3. The Morgan fingerprint density at radius 3 is 1.04 bits per heavy atom. The molecule has 0 aromatic carbocycles. The molecule has 0 aliphatic carbocycles. The molecular formula is C21H39BiO6. The fraction of sp³-hybridized carbons (Fsp3) is 0.857. The third kappa shape index (κ3) is 17.4. The Kier molecular flexibility index (Phi) is 19.1. The first-order valence-corrected chi connectivity index (χ1v) is 15.2. The molecule has 0 rings (SSSR count). The van der Waals surface area contributed by atoms with Gasteiger partial charge in [0.2, 0.25) is 0 Å². The molecule has 0 atom stereocenters. The fourth-order valence-corrected chi connectivity index (χ4v) is 5.97. The Balaban J connectivity index is 4.44. The normalized spacial score (nSPS) is 10.7. The summed E-state index contributed by atoms with van der Waals surface area (Å²) in [6.07, 6.45) is 12.4. The monoisotopic (exact) mass is 596 g/mol. The van der Waals surface area contributed by atoms with Crippen molar-refractivity contribution in [3.63, 3.8) is 0 Å². The van der Waals surface area contributed by atoms with Crippen molar-refractivity contribution in [2.45, 2.75) is 117 Å². The second-order valence-corrected chi connectivity index (χ2v) is 10.9. The number of hydrogen-bond acceptors (Lipinski definition) is 6. The Bertz CT molecular complexity index is 365. The van der Waals surface area contributed by atoms with Crippen LogP contribution in [0, 0.1) is 0 Å². The van der Waals surface area contributed by atoms with E-state index in [-0.39, 0.29) is 19.3 Å². The quantitative estimate of drug-likeness (QED) is 0.153. The van der Waals surface area contributed by atoms with Crippen LogP contribution in [0.3, 0.4) is 0 Å². The Morgan fingerprint density at radius 1 is 0.500 bits per heavy atom. The maximum atomic E-state index is 12.0. The van der Waals surface area contributed by atoms with Crippen molar-refractivity contribution in [3.05, 3.63) is 0 Å². The number of unbranched alkanes of at least 4 members (excludes halogenated alkanes) is 9. The van der Waals surface area contributed by atoms with Crippen molar-refractivity contribution in [2.75, 3.05) is 0 Å². The summed E-state index contributed by atoms with van der Waals surface area (Å²) in [6, 6.07) is 0. The average molecular weight is 597 g/mol.